The van der Waals surface area contributed by atoms with Crippen LogP contribution >= 0.6 is 0 Å². The highest BCUT2D eigenvalue weighted by Gasteiger charge is 2.58. The second-order valence-corrected chi connectivity index (χ2v) is 8.74. The van der Waals surface area contributed by atoms with E-state index in [0.29, 0.717) is 11.8 Å². The Morgan fingerprint density at radius 3 is 1.21 bits per heavy atom. The molecule has 4 saturated carbocycles. The summed E-state index contributed by atoms with van der Waals surface area (Å²) in [7, 11) is 3.65. The minimum Gasteiger partial charge on any atom is -0.353 e. The van der Waals surface area contributed by atoms with Gasteiger partial charge in [0, 0.05) is 26.1 Å². The van der Waals surface area contributed by atoms with Crippen molar-refractivity contribution in [2.24, 2.45) is 23.7 Å². The summed E-state index contributed by atoms with van der Waals surface area (Å²) >= 11 is 0. The predicted octanol–water partition coefficient (Wildman–Crippen LogP) is 6.42. The van der Waals surface area contributed by atoms with Crippen LogP contribution in [-0.4, -0.2) is 20.0 Å². The summed E-state index contributed by atoms with van der Waals surface area (Å²) in [5.41, 5.74) is 2.64. The molecule has 2 aromatic rings. The third kappa shape index (κ3) is 4.85. The topological polar surface area (TPSA) is 18.5 Å². The van der Waals surface area contributed by atoms with Crippen LogP contribution < -0.4 is 0 Å². The first kappa shape index (κ1) is 21.1. The molecule has 0 saturated heterocycles. The molecular weight excluding hydrogens is 344 g/mol. The van der Waals surface area contributed by atoms with Gasteiger partial charge in [-0.25, -0.2) is 0 Å². The Bertz CT molecular complexity index is 623. The molecule has 0 spiro atoms. The van der Waals surface area contributed by atoms with Crippen LogP contribution in [0.4, 0.5) is 0 Å². The number of rotatable bonds is 2. The number of hydrogen-bond donors (Lipinski definition) is 0. The van der Waals surface area contributed by atoms with Crippen LogP contribution in [0.5, 0.6) is 0 Å². The highest BCUT2D eigenvalue weighted by molar-refractivity contribution is 5.12. The fourth-order valence-corrected chi connectivity index (χ4v) is 5.66. The number of hydrogen-bond acceptors (Lipinski definition) is 2. The van der Waals surface area contributed by atoms with Gasteiger partial charge in [0.05, 0.1) is 0 Å². The van der Waals surface area contributed by atoms with Crippen LogP contribution in [-0.2, 0) is 9.47 Å². The Labute approximate surface area is 171 Å². The molecule has 0 heterocycles. The second kappa shape index (κ2) is 9.71. The van der Waals surface area contributed by atoms with Gasteiger partial charge in [-0.1, -0.05) is 71.8 Å². The number of ether oxygens (including phenoxy) is 2. The van der Waals surface area contributed by atoms with Crippen molar-refractivity contribution in [1.82, 2.24) is 0 Å². The third-order valence-electron chi connectivity index (χ3n) is 6.80. The largest absolute Gasteiger partial charge is 0.353 e. The fourth-order valence-electron chi connectivity index (χ4n) is 5.66. The summed E-state index contributed by atoms with van der Waals surface area (Å²) in [5.74, 6) is 3.10. The summed E-state index contributed by atoms with van der Waals surface area (Å²) in [6, 6.07) is 20.5. The molecule has 0 aromatic heterocycles. The molecule has 0 aliphatic heterocycles. The van der Waals surface area contributed by atoms with Crippen LogP contribution in [0.1, 0.15) is 43.2 Å². The van der Waals surface area contributed by atoms with Gasteiger partial charge in [-0.05, 0) is 57.8 Å². The molecule has 2 nitrogen and oxygen atoms in total. The minimum atomic E-state index is -0.215. The Hall–Kier alpha value is -1.64. The van der Waals surface area contributed by atoms with E-state index in [-0.39, 0.29) is 5.79 Å². The first-order valence-corrected chi connectivity index (χ1v) is 10.7. The van der Waals surface area contributed by atoms with Crippen molar-refractivity contribution in [1.29, 1.82) is 0 Å². The molecule has 0 atom stereocenters. The lowest BCUT2D eigenvalue weighted by molar-refractivity contribution is -0.319. The van der Waals surface area contributed by atoms with Crippen LogP contribution in [0.3, 0.4) is 0 Å². The Kier molecular flexibility index (Phi) is 7.31. The van der Waals surface area contributed by atoms with Gasteiger partial charge in [-0.15, -0.1) is 0 Å². The summed E-state index contributed by atoms with van der Waals surface area (Å²) in [6.45, 7) is 4.17. The van der Waals surface area contributed by atoms with E-state index in [1.807, 2.05) is 50.6 Å². The Morgan fingerprint density at radius 2 is 0.964 bits per heavy atom. The second-order valence-electron chi connectivity index (χ2n) is 8.74. The molecule has 4 aliphatic carbocycles. The van der Waals surface area contributed by atoms with Gasteiger partial charge < -0.3 is 9.47 Å². The summed E-state index contributed by atoms with van der Waals surface area (Å²) in [5, 5.41) is 0. The van der Waals surface area contributed by atoms with Gasteiger partial charge in [-0.3, -0.25) is 0 Å². The molecule has 0 N–H and O–H groups in total. The van der Waals surface area contributed by atoms with E-state index in [2.05, 4.69) is 38.1 Å². The number of methoxy groups -OCH3 is 2. The lowest BCUT2D eigenvalue weighted by Crippen LogP contribution is -2.59. The molecular formula is C26H36O2. The first-order chi connectivity index (χ1) is 13.6. The normalized spacial score (nSPS) is 28.6. The van der Waals surface area contributed by atoms with Crippen LogP contribution in [0.25, 0.3) is 0 Å². The van der Waals surface area contributed by atoms with E-state index in [9.17, 15) is 0 Å². The summed E-state index contributed by atoms with van der Waals surface area (Å²) < 4.78 is 11.5. The highest BCUT2D eigenvalue weighted by atomic mass is 16.7. The Morgan fingerprint density at radius 1 is 0.607 bits per heavy atom. The van der Waals surface area contributed by atoms with E-state index in [0.717, 1.165) is 11.8 Å². The Balaban J connectivity index is 0.000000136. The molecule has 28 heavy (non-hydrogen) atoms. The first-order valence-electron chi connectivity index (χ1n) is 10.7. The molecule has 2 aromatic carbocycles. The van der Waals surface area contributed by atoms with Crippen LogP contribution in [0.15, 0.2) is 60.7 Å². The lowest BCUT2D eigenvalue weighted by Gasteiger charge is -2.59. The van der Waals surface area contributed by atoms with Crippen LogP contribution in [0, 0.1) is 37.5 Å². The van der Waals surface area contributed by atoms with E-state index < -0.39 is 0 Å². The quantitative estimate of drug-likeness (QED) is 0.560. The van der Waals surface area contributed by atoms with Gasteiger partial charge in [0.1, 0.15) is 0 Å². The lowest BCUT2D eigenvalue weighted by atomic mass is 9.53. The van der Waals surface area contributed by atoms with Crippen molar-refractivity contribution in [2.75, 3.05) is 14.2 Å². The predicted molar refractivity (Wildman–Crippen MR) is 116 cm³/mol. The van der Waals surface area contributed by atoms with Crippen LogP contribution in [0.2, 0.25) is 0 Å². The van der Waals surface area contributed by atoms with Gasteiger partial charge in [0.25, 0.3) is 0 Å². The van der Waals surface area contributed by atoms with Gasteiger partial charge in [0.15, 0.2) is 5.79 Å². The van der Waals surface area contributed by atoms with E-state index in [1.54, 1.807) is 0 Å². The molecule has 152 valence electrons. The zero-order chi connectivity index (χ0) is 20.0. The maximum absolute atomic E-state index is 5.74. The molecule has 4 aliphatic rings. The van der Waals surface area contributed by atoms with Crippen molar-refractivity contribution in [2.45, 2.75) is 51.7 Å². The van der Waals surface area contributed by atoms with Gasteiger partial charge in [-0.2, -0.15) is 0 Å². The van der Waals surface area contributed by atoms with Crippen molar-refractivity contribution in [3.05, 3.63) is 71.8 Å². The van der Waals surface area contributed by atoms with Crippen molar-refractivity contribution >= 4 is 0 Å². The zero-order valence-electron chi connectivity index (χ0n) is 17.9. The number of aryl methyl sites for hydroxylation is 2. The average Bonchev–Trinajstić information content (AvgIpc) is 2.70. The average molecular weight is 381 g/mol. The van der Waals surface area contributed by atoms with Gasteiger partial charge >= 0.3 is 0 Å². The number of benzene rings is 2. The van der Waals surface area contributed by atoms with Crippen molar-refractivity contribution < 1.29 is 9.47 Å². The highest BCUT2D eigenvalue weighted by Crippen LogP contribution is 2.59. The molecule has 0 amide bonds. The molecule has 4 fully saturated rings. The van der Waals surface area contributed by atoms with E-state index in [1.165, 1.54) is 43.2 Å². The third-order valence-corrected chi connectivity index (χ3v) is 6.80. The van der Waals surface area contributed by atoms with E-state index in [4.69, 9.17) is 9.47 Å². The smallest absolute Gasteiger partial charge is 0.173 e. The van der Waals surface area contributed by atoms with Gasteiger partial charge in [0.2, 0.25) is 0 Å². The van der Waals surface area contributed by atoms with E-state index >= 15 is 0 Å². The molecule has 2 heteroatoms. The maximum Gasteiger partial charge on any atom is 0.173 e. The zero-order valence-corrected chi connectivity index (χ0v) is 17.9. The standard InChI is InChI=1S/C12H20O2.2C7H8/c1-13-12(14-2)10-4-8-3-9(6-10)7-11(12)5-8;2*1-7-5-3-2-4-6-7/h8-11H,3-7H2,1-2H3;2*2-6H,1H3. The summed E-state index contributed by atoms with van der Waals surface area (Å²) in [4.78, 5) is 0. The maximum atomic E-state index is 5.74. The van der Waals surface area contributed by atoms with Crippen molar-refractivity contribution in [3.63, 3.8) is 0 Å². The minimum absolute atomic E-state index is 0.215. The molecule has 4 bridgehead atoms. The van der Waals surface area contributed by atoms with Crippen molar-refractivity contribution in [3.8, 4) is 0 Å². The summed E-state index contributed by atoms with van der Waals surface area (Å²) in [6.07, 6.45) is 6.85. The molecule has 0 unspecified atom stereocenters. The monoisotopic (exact) mass is 380 g/mol. The fraction of sp³-hybridized carbons (Fsp3) is 0.538. The SMILES string of the molecule is COC1(OC)C2CC3CC(C2)CC1C3.Cc1ccccc1.Cc1ccccc1. The molecule has 0 radical (unpaired) electrons. The molecule has 6 rings (SSSR count).